The Hall–Kier alpha value is -1.64. The van der Waals surface area contributed by atoms with Crippen molar-refractivity contribution < 1.29 is 17.9 Å². The van der Waals surface area contributed by atoms with E-state index in [2.05, 4.69) is 11.8 Å². The number of hydrogen-bond donors (Lipinski definition) is 0. The zero-order chi connectivity index (χ0) is 22.4. The molecule has 0 bridgehead atoms. The van der Waals surface area contributed by atoms with Crippen LogP contribution in [0, 0.1) is 0 Å². The van der Waals surface area contributed by atoms with Gasteiger partial charge in [-0.1, -0.05) is 26.2 Å². The fourth-order valence-corrected chi connectivity index (χ4v) is 5.82. The van der Waals surface area contributed by atoms with E-state index in [4.69, 9.17) is 4.74 Å². The molecule has 2 heterocycles. The van der Waals surface area contributed by atoms with Gasteiger partial charge in [0, 0.05) is 44.3 Å². The van der Waals surface area contributed by atoms with Gasteiger partial charge in [0.25, 0.3) is 5.91 Å². The predicted octanol–water partition coefficient (Wildman–Crippen LogP) is 2.75. The summed E-state index contributed by atoms with van der Waals surface area (Å²) in [5, 5.41) is 0. The molecule has 0 aliphatic carbocycles. The number of carbonyl (C=O) groups excluding carboxylic acids is 1. The van der Waals surface area contributed by atoms with Crippen LogP contribution in [0.4, 0.5) is 5.69 Å². The number of carbonyl (C=O) groups is 1. The smallest absolute Gasteiger partial charge is 0.253 e. The number of amides is 1. The second-order valence-electron chi connectivity index (χ2n) is 8.76. The van der Waals surface area contributed by atoms with E-state index in [-0.39, 0.29) is 11.9 Å². The number of anilines is 1. The average Bonchev–Trinajstić information content (AvgIpc) is 3.08. The number of morpholine rings is 1. The van der Waals surface area contributed by atoms with Crippen molar-refractivity contribution in [1.82, 2.24) is 9.80 Å². The Morgan fingerprint density at radius 1 is 1.16 bits per heavy atom. The van der Waals surface area contributed by atoms with E-state index >= 15 is 0 Å². The van der Waals surface area contributed by atoms with Crippen LogP contribution in [0.15, 0.2) is 18.2 Å². The molecule has 0 spiro atoms. The van der Waals surface area contributed by atoms with E-state index in [1.165, 1.54) is 23.4 Å². The number of sulfonamides is 1. The molecule has 2 aliphatic rings. The van der Waals surface area contributed by atoms with Gasteiger partial charge in [0.1, 0.15) is 0 Å². The van der Waals surface area contributed by atoms with Gasteiger partial charge in [-0.3, -0.25) is 14.0 Å². The molecule has 1 aromatic rings. The van der Waals surface area contributed by atoms with E-state index in [9.17, 15) is 13.2 Å². The molecule has 8 heteroatoms. The summed E-state index contributed by atoms with van der Waals surface area (Å²) in [6.07, 6.45) is 6.36. The molecule has 0 aromatic heterocycles. The largest absolute Gasteiger partial charge is 0.379 e. The van der Waals surface area contributed by atoms with E-state index in [1.54, 1.807) is 12.1 Å². The second-order valence-corrected chi connectivity index (χ2v) is 10.6. The molecule has 31 heavy (non-hydrogen) atoms. The first-order valence-corrected chi connectivity index (χ1v) is 13.4. The highest BCUT2D eigenvalue weighted by atomic mass is 32.2. The van der Waals surface area contributed by atoms with Crippen LogP contribution in [-0.4, -0.2) is 82.4 Å². The monoisotopic (exact) mass is 451 g/mol. The van der Waals surface area contributed by atoms with Crippen molar-refractivity contribution in [2.24, 2.45) is 0 Å². The molecule has 1 fully saturated rings. The zero-order valence-electron chi connectivity index (χ0n) is 19.2. The van der Waals surface area contributed by atoms with Crippen LogP contribution in [0.3, 0.4) is 0 Å². The second kappa shape index (κ2) is 10.8. The molecule has 7 nitrogen and oxygen atoms in total. The summed E-state index contributed by atoms with van der Waals surface area (Å²) in [7, 11) is -3.33. The summed E-state index contributed by atoms with van der Waals surface area (Å²) in [4.78, 5) is 17.7. The molecule has 174 valence electrons. The van der Waals surface area contributed by atoms with E-state index < -0.39 is 10.0 Å². The lowest BCUT2D eigenvalue weighted by Crippen LogP contribution is -2.43. The third kappa shape index (κ3) is 6.20. The van der Waals surface area contributed by atoms with Crippen LogP contribution in [-0.2, 0) is 21.2 Å². The highest BCUT2D eigenvalue weighted by molar-refractivity contribution is 7.92. The Bertz CT molecular complexity index is 852. The van der Waals surface area contributed by atoms with Crippen molar-refractivity contribution in [3.05, 3.63) is 29.3 Å². The van der Waals surface area contributed by atoms with Crippen LogP contribution in [0.2, 0.25) is 0 Å². The summed E-state index contributed by atoms with van der Waals surface area (Å²) >= 11 is 0. The molecule has 3 rings (SSSR count). The van der Waals surface area contributed by atoms with Crippen molar-refractivity contribution in [3.63, 3.8) is 0 Å². The van der Waals surface area contributed by atoms with Crippen LogP contribution in [0.1, 0.15) is 55.5 Å². The van der Waals surface area contributed by atoms with Gasteiger partial charge in [0.05, 0.1) is 25.2 Å². The minimum atomic E-state index is -3.33. The zero-order valence-corrected chi connectivity index (χ0v) is 20.0. The maximum atomic E-state index is 13.4. The summed E-state index contributed by atoms with van der Waals surface area (Å²) in [6, 6.07) is 5.35. The first kappa shape index (κ1) is 24.0. The van der Waals surface area contributed by atoms with Crippen molar-refractivity contribution in [2.45, 2.75) is 52.0 Å². The summed E-state index contributed by atoms with van der Waals surface area (Å²) < 4.78 is 31.3. The van der Waals surface area contributed by atoms with Crippen LogP contribution in [0.5, 0.6) is 0 Å². The number of fused-ring (bicyclic) bond motifs is 1. The molecule has 1 unspecified atom stereocenters. The first-order chi connectivity index (χ1) is 14.8. The molecule has 1 aromatic carbocycles. The minimum Gasteiger partial charge on any atom is -0.379 e. The lowest BCUT2D eigenvalue weighted by molar-refractivity contribution is 0.0324. The molecule has 2 aliphatic heterocycles. The Morgan fingerprint density at radius 2 is 1.90 bits per heavy atom. The SMILES string of the molecule is CCCCCCN(CCN1CCOCC1)C(=O)c1ccc2c(c1)CC(C)N2S(C)(=O)=O. The van der Waals surface area contributed by atoms with Gasteiger partial charge in [0.15, 0.2) is 0 Å². The molecule has 0 N–H and O–H groups in total. The van der Waals surface area contributed by atoms with Gasteiger partial charge >= 0.3 is 0 Å². The Labute approximate surface area is 187 Å². The van der Waals surface area contributed by atoms with Crippen LogP contribution in [0.25, 0.3) is 0 Å². The van der Waals surface area contributed by atoms with Crippen LogP contribution < -0.4 is 4.31 Å². The normalized spacial score (nSPS) is 19.5. The van der Waals surface area contributed by atoms with E-state index in [0.29, 0.717) is 24.2 Å². The molecular formula is C23H37N3O4S. The van der Waals surface area contributed by atoms with Gasteiger partial charge in [-0.2, -0.15) is 0 Å². The number of ether oxygens (including phenoxy) is 1. The number of hydrogen-bond acceptors (Lipinski definition) is 5. The Morgan fingerprint density at radius 3 is 2.58 bits per heavy atom. The number of benzene rings is 1. The maximum Gasteiger partial charge on any atom is 0.253 e. The quantitative estimate of drug-likeness (QED) is 0.512. The van der Waals surface area contributed by atoms with Gasteiger partial charge in [-0.25, -0.2) is 8.42 Å². The number of unbranched alkanes of at least 4 members (excludes halogenated alkanes) is 3. The maximum absolute atomic E-state index is 13.4. The fraction of sp³-hybridized carbons (Fsp3) is 0.696. The van der Waals surface area contributed by atoms with Gasteiger partial charge in [-0.05, 0) is 43.5 Å². The lowest BCUT2D eigenvalue weighted by Gasteiger charge is -2.30. The first-order valence-electron chi connectivity index (χ1n) is 11.5. The van der Waals surface area contributed by atoms with Crippen molar-refractivity contribution in [3.8, 4) is 0 Å². The lowest BCUT2D eigenvalue weighted by atomic mass is 10.1. The fourth-order valence-electron chi connectivity index (χ4n) is 4.55. The highest BCUT2D eigenvalue weighted by Gasteiger charge is 2.33. The van der Waals surface area contributed by atoms with Gasteiger partial charge in [-0.15, -0.1) is 0 Å². The number of nitrogens with zero attached hydrogens (tertiary/aromatic N) is 3. The van der Waals surface area contributed by atoms with Gasteiger partial charge in [0.2, 0.25) is 10.0 Å². The highest BCUT2D eigenvalue weighted by Crippen LogP contribution is 2.35. The van der Waals surface area contributed by atoms with E-state index in [1.807, 2.05) is 17.9 Å². The molecule has 0 saturated carbocycles. The van der Waals surface area contributed by atoms with Gasteiger partial charge < -0.3 is 9.64 Å². The molecular weight excluding hydrogens is 414 g/mol. The third-order valence-corrected chi connectivity index (χ3v) is 7.47. The molecule has 1 atom stereocenters. The number of rotatable bonds is 10. The molecule has 0 radical (unpaired) electrons. The Kier molecular flexibility index (Phi) is 8.36. The van der Waals surface area contributed by atoms with E-state index in [0.717, 1.165) is 57.8 Å². The molecule has 1 saturated heterocycles. The summed E-state index contributed by atoms with van der Waals surface area (Å²) in [5.41, 5.74) is 2.29. The third-order valence-electron chi connectivity index (χ3n) is 6.20. The summed E-state index contributed by atoms with van der Waals surface area (Å²) in [6.45, 7) is 9.74. The average molecular weight is 452 g/mol. The molecule has 1 amide bonds. The van der Waals surface area contributed by atoms with Crippen molar-refractivity contribution >= 4 is 21.6 Å². The van der Waals surface area contributed by atoms with Crippen LogP contribution >= 0.6 is 0 Å². The topological polar surface area (TPSA) is 70.2 Å². The van der Waals surface area contributed by atoms with Crippen molar-refractivity contribution in [1.29, 1.82) is 0 Å². The summed E-state index contributed by atoms with van der Waals surface area (Å²) in [5.74, 6) is 0.0398. The standard InChI is InChI=1S/C23H37N3O4S/c1-4-5-6-7-10-25(12-11-24-13-15-30-16-14-24)23(27)20-8-9-22-21(18-20)17-19(2)26(22)31(3,28)29/h8-9,18-19H,4-7,10-17H2,1-3H3. The predicted molar refractivity (Wildman–Crippen MR) is 124 cm³/mol. The van der Waals surface area contributed by atoms with Crippen molar-refractivity contribution in [2.75, 3.05) is 56.5 Å². The Balaban J connectivity index is 1.72. The minimum absolute atomic E-state index is 0.0398.